The maximum absolute atomic E-state index is 10.9. The standard InChI is InChI=1S/C23H36O4/c1-27-23(26)21-19-17-15-13-11-9-7-5-3-2-4-6-8-10-12-14-16-18-20-22(24)25/h6-21H2,1H3,(H,24,25). The molecule has 0 aliphatic rings. The van der Waals surface area contributed by atoms with Crippen molar-refractivity contribution in [3.63, 3.8) is 0 Å². The van der Waals surface area contributed by atoms with Gasteiger partial charge in [-0.05, 0) is 37.5 Å². The van der Waals surface area contributed by atoms with Gasteiger partial charge in [-0.3, -0.25) is 9.59 Å². The normalized spacial score (nSPS) is 9.67. The van der Waals surface area contributed by atoms with Gasteiger partial charge in [-0.15, -0.1) is 0 Å². The molecular formula is C23H36O4. The van der Waals surface area contributed by atoms with Gasteiger partial charge in [0.2, 0.25) is 0 Å². The summed E-state index contributed by atoms with van der Waals surface area (Å²) in [4.78, 5) is 21.3. The van der Waals surface area contributed by atoms with Crippen molar-refractivity contribution in [3.05, 3.63) is 0 Å². The van der Waals surface area contributed by atoms with Gasteiger partial charge in [-0.25, -0.2) is 0 Å². The second-order valence-corrected chi connectivity index (χ2v) is 6.82. The Labute approximate surface area is 165 Å². The summed E-state index contributed by atoms with van der Waals surface area (Å²) in [5, 5.41) is 8.54. The molecule has 0 fully saturated rings. The number of esters is 1. The van der Waals surface area contributed by atoms with Crippen LogP contribution >= 0.6 is 0 Å². The van der Waals surface area contributed by atoms with Crippen molar-refractivity contribution in [2.75, 3.05) is 7.11 Å². The van der Waals surface area contributed by atoms with Crippen molar-refractivity contribution < 1.29 is 19.4 Å². The lowest BCUT2D eigenvalue weighted by Crippen LogP contribution is -1.99. The molecule has 0 aromatic heterocycles. The topological polar surface area (TPSA) is 63.6 Å². The number of ether oxygens (including phenoxy) is 1. The van der Waals surface area contributed by atoms with Crippen LogP contribution in [0.25, 0.3) is 0 Å². The first kappa shape index (κ1) is 25.1. The third kappa shape index (κ3) is 22.0. The highest BCUT2D eigenvalue weighted by molar-refractivity contribution is 5.69. The molecule has 0 amide bonds. The summed E-state index contributed by atoms with van der Waals surface area (Å²) in [7, 11) is 1.43. The van der Waals surface area contributed by atoms with Crippen LogP contribution in [0.3, 0.4) is 0 Å². The van der Waals surface area contributed by atoms with Crippen molar-refractivity contribution in [2.45, 2.75) is 103 Å². The Balaban J connectivity index is 3.30. The first-order chi connectivity index (χ1) is 13.2. The number of aliphatic carboxylic acids is 1. The minimum Gasteiger partial charge on any atom is -0.481 e. The van der Waals surface area contributed by atoms with Crippen LogP contribution in [0.15, 0.2) is 0 Å². The molecule has 0 aromatic rings. The molecule has 0 spiro atoms. The molecule has 0 heterocycles. The Kier molecular flexibility index (Phi) is 18.9. The van der Waals surface area contributed by atoms with Gasteiger partial charge in [0.25, 0.3) is 0 Å². The van der Waals surface area contributed by atoms with Crippen molar-refractivity contribution >= 4 is 11.9 Å². The second-order valence-electron chi connectivity index (χ2n) is 6.82. The zero-order valence-corrected chi connectivity index (χ0v) is 17.0. The molecule has 0 atom stereocenters. The summed E-state index contributed by atoms with van der Waals surface area (Å²) >= 11 is 0. The van der Waals surface area contributed by atoms with E-state index in [9.17, 15) is 9.59 Å². The summed E-state index contributed by atoms with van der Waals surface area (Å²) < 4.78 is 4.61. The maximum Gasteiger partial charge on any atom is 0.305 e. The van der Waals surface area contributed by atoms with Crippen LogP contribution in [0.2, 0.25) is 0 Å². The van der Waals surface area contributed by atoms with E-state index in [4.69, 9.17) is 5.11 Å². The molecule has 4 heteroatoms. The number of carbonyl (C=O) groups is 2. The molecule has 0 aromatic carbocycles. The third-order valence-corrected chi connectivity index (χ3v) is 4.34. The molecule has 0 unspecified atom stereocenters. The van der Waals surface area contributed by atoms with Gasteiger partial charge in [0.05, 0.1) is 7.11 Å². The molecule has 152 valence electrons. The molecule has 0 saturated carbocycles. The van der Waals surface area contributed by atoms with Crippen LogP contribution in [0.1, 0.15) is 103 Å². The first-order valence-electron chi connectivity index (χ1n) is 10.4. The summed E-state index contributed by atoms with van der Waals surface area (Å²) in [6.45, 7) is 0. The van der Waals surface area contributed by atoms with E-state index in [1.807, 2.05) is 0 Å². The van der Waals surface area contributed by atoms with E-state index in [0.29, 0.717) is 12.8 Å². The summed E-state index contributed by atoms with van der Waals surface area (Å²) in [5.74, 6) is 11.3. The number of rotatable bonds is 16. The van der Waals surface area contributed by atoms with E-state index < -0.39 is 5.97 Å². The summed E-state index contributed by atoms with van der Waals surface area (Å²) in [6, 6.07) is 0. The highest BCUT2D eigenvalue weighted by atomic mass is 16.5. The first-order valence-corrected chi connectivity index (χ1v) is 10.4. The number of unbranched alkanes of at least 4 members (excludes halogenated alkanes) is 12. The summed E-state index contributed by atoms with van der Waals surface area (Å²) in [5.41, 5.74) is 0. The van der Waals surface area contributed by atoms with E-state index in [1.165, 1.54) is 26.4 Å². The summed E-state index contributed by atoms with van der Waals surface area (Å²) in [6.07, 6.45) is 15.7. The Bertz CT molecular complexity index is 502. The van der Waals surface area contributed by atoms with Gasteiger partial charge in [0.1, 0.15) is 0 Å². The van der Waals surface area contributed by atoms with Gasteiger partial charge < -0.3 is 9.84 Å². The Morgan fingerprint density at radius 1 is 0.667 bits per heavy atom. The quantitative estimate of drug-likeness (QED) is 0.220. The van der Waals surface area contributed by atoms with Crippen LogP contribution in [0.4, 0.5) is 0 Å². The van der Waals surface area contributed by atoms with Crippen LogP contribution in [-0.4, -0.2) is 24.2 Å². The van der Waals surface area contributed by atoms with E-state index in [2.05, 4.69) is 28.4 Å². The Hall–Kier alpha value is -1.94. The monoisotopic (exact) mass is 376 g/mol. The Morgan fingerprint density at radius 3 is 1.52 bits per heavy atom. The molecule has 1 N–H and O–H groups in total. The number of carbonyl (C=O) groups excluding carboxylic acids is 1. The van der Waals surface area contributed by atoms with Crippen molar-refractivity contribution in [3.8, 4) is 23.7 Å². The van der Waals surface area contributed by atoms with Gasteiger partial charge in [0, 0.05) is 25.7 Å². The minimum absolute atomic E-state index is 0.112. The lowest BCUT2D eigenvalue weighted by atomic mass is 10.1. The molecule has 0 aliphatic heterocycles. The molecule has 4 nitrogen and oxygen atoms in total. The number of carboxylic acids is 1. The maximum atomic E-state index is 10.9. The number of hydrogen-bond acceptors (Lipinski definition) is 3. The molecule has 0 aliphatic carbocycles. The fourth-order valence-electron chi connectivity index (χ4n) is 2.70. The van der Waals surface area contributed by atoms with Crippen molar-refractivity contribution in [1.29, 1.82) is 0 Å². The van der Waals surface area contributed by atoms with Crippen LogP contribution in [0.5, 0.6) is 0 Å². The average molecular weight is 377 g/mol. The van der Waals surface area contributed by atoms with Gasteiger partial charge in [-0.1, -0.05) is 63.2 Å². The molecule has 0 rings (SSSR count). The lowest BCUT2D eigenvalue weighted by Gasteiger charge is -2.00. The van der Waals surface area contributed by atoms with Crippen molar-refractivity contribution in [2.24, 2.45) is 0 Å². The molecule has 0 saturated heterocycles. The highest BCUT2D eigenvalue weighted by Crippen LogP contribution is 2.09. The molecule has 0 bridgehead atoms. The largest absolute Gasteiger partial charge is 0.481 e. The zero-order valence-electron chi connectivity index (χ0n) is 17.0. The number of methoxy groups -OCH3 is 1. The average Bonchev–Trinajstić information content (AvgIpc) is 2.65. The van der Waals surface area contributed by atoms with Crippen LogP contribution in [-0.2, 0) is 14.3 Å². The molecule has 0 radical (unpaired) electrons. The van der Waals surface area contributed by atoms with Crippen LogP contribution in [0, 0.1) is 23.7 Å². The van der Waals surface area contributed by atoms with Crippen LogP contribution < -0.4 is 0 Å². The van der Waals surface area contributed by atoms with E-state index in [-0.39, 0.29) is 5.97 Å². The molecule has 27 heavy (non-hydrogen) atoms. The second kappa shape index (κ2) is 20.4. The van der Waals surface area contributed by atoms with Gasteiger partial charge >= 0.3 is 11.9 Å². The minimum atomic E-state index is -0.696. The molecular weight excluding hydrogens is 340 g/mol. The smallest absolute Gasteiger partial charge is 0.305 e. The predicted molar refractivity (Wildman–Crippen MR) is 109 cm³/mol. The fourth-order valence-corrected chi connectivity index (χ4v) is 2.70. The van der Waals surface area contributed by atoms with E-state index in [1.54, 1.807) is 0 Å². The Morgan fingerprint density at radius 2 is 1.07 bits per heavy atom. The van der Waals surface area contributed by atoms with Gasteiger partial charge in [-0.2, -0.15) is 0 Å². The number of hydrogen-bond donors (Lipinski definition) is 1. The van der Waals surface area contributed by atoms with Gasteiger partial charge in [0.15, 0.2) is 0 Å². The third-order valence-electron chi connectivity index (χ3n) is 4.34. The van der Waals surface area contributed by atoms with E-state index >= 15 is 0 Å². The number of carboxylic acid groups (broad SMARTS) is 1. The zero-order chi connectivity index (χ0) is 20.0. The predicted octanol–water partition coefficient (Wildman–Crippen LogP) is 5.49. The fraction of sp³-hybridized carbons (Fsp3) is 0.739. The SMILES string of the molecule is COC(=O)CCCCCCCCC#CC#CCCCCCCCCC(=O)O. The lowest BCUT2D eigenvalue weighted by molar-refractivity contribution is -0.141. The highest BCUT2D eigenvalue weighted by Gasteiger charge is 1.98. The van der Waals surface area contributed by atoms with Crippen molar-refractivity contribution in [1.82, 2.24) is 0 Å². The van der Waals surface area contributed by atoms with E-state index in [0.717, 1.165) is 70.6 Å².